The van der Waals surface area contributed by atoms with Gasteiger partial charge in [-0.05, 0) is 6.92 Å². The van der Waals surface area contributed by atoms with Crippen LogP contribution >= 0.6 is 0 Å². The standard InChI is InChI=1S/C7H14O4/c1-6(5-10-2)7(9)11-4-3-8/h6,8H,3-5H2,1-2H3. The zero-order chi connectivity index (χ0) is 8.69. The Hall–Kier alpha value is -0.610. The first-order chi connectivity index (χ1) is 5.22. The predicted molar refractivity (Wildman–Crippen MR) is 39.1 cm³/mol. The number of carbonyl (C=O) groups excluding carboxylic acids is 1. The number of hydrogen-bond donors (Lipinski definition) is 1. The van der Waals surface area contributed by atoms with Crippen LogP contribution in [0.1, 0.15) is 6.92 Å². The van der Waals surface area contributed by atoms with Crippen LogP contribution in [0.2, 0.25) is 0 Å². The number of esters is 1. The van der Waals surface area contributed by atoms with Crippen molar-refractivity contribution in [2.75, 3.05) is 26.9 Å². The van der Waals surface area contributed by atoms with Gasteiger partial charge in [0.2, 0.25) is 0 Å². The molecule has 0 amide bonds. The van der Waals surface area contributed by atoms with Crippen LogP contribution in [0.25, 0.3) is 0 Å². The molecule has 0 radical (unpaired) electrons. The fraction of sp³-hybridized carbons (Fsp3) is 0.857. The molecule has 1 N–H and O–H groups in total. The van der Waals surface area contributed by atoms with E-state index in [1.54, 1.807) is 6.92 Å². The molecule has 0 fully saturated rings. The van der Waals surface area contributed by atoms with E-state index in [1.165, 1.54) is 7.11 Å². The second kappa shape index (κ2) is 6.12. The van der Waals surface area contributed by atoms with Crippen molar-refractivity contribution >= 4 is 5.97 Å². The first-order valence-corrected chi connectivity index (χ1v) is 3.48. The molecule has 0 aliphatic rings. The van der Waals surface area contributed by atoms with Crippen molar-refractivity contribution in [3.63, 3.8) is 0 Å². The van der Waals surface area contributed by atoms with E-state index in [1.807, 2.05) is 0 Å². The Bertz CT molecular complexity index is 113. The number of methoxy groups -OCH3 is 1. The minimum Gasteiger partial charge on any atom is -0.463 e. The lowest BCUT2D eigenvalue weighted by molar-refractivity contribution is -0.150. The Morgan fingerprint density at radius 3 is 2.73 bits per heavy atom. The van der Waals surface area contributed by atoms with Crippen LogP contribution < -0.4 is 0 Å². The lowest BCUT2D eigenvalue weighted by atomic mass is 10.2. The maximum atomic E-state index is 10.9. The number of ether oxygens (including phenoxy) is 2. The lowest BCUT2D eigenvalue weighted by Gasteiger charge is -2.08. The van der Waals surface area contributed by atoms with Gasteiger partial charge >= 0.3 is 5.97 Å². The largest absolute Gasteiger partial charge is 0.463 e. The molecule has 4 heteroatoms. The van der Waals surface area contributed by atoms with E-state index in [4.69, 9.17) is 9.84 Å². The number of hydrogen-bond acceptors (Lipinski definition) is 4. The first-order valence-electron chi connectivity index (χ1n) is 3.48. The molecule has 0 saturated heterocycles. The third kappa shape index (κ3) is 4.75. The molecule has 0 spiro atoms. The Labute approximate surface area is 66.1 Å². The van der Waals surface area contributed by atoms with E-state index in [0.717, 1.165) is 0 Å². The molecule has 0 aromatic heterocycles. The molecule has 0 aromatic rings. The third-order valence-electron chi connectivity index (χ3n) is 1.15. The van der Waals surface area contributed by atoms with Gasteiger partial charge in [0, 0.05) is 7.11 Å². The van der Waals surface area contributed by atoms with E-state index in [0.29, 0.717) is 6.61 Å². The quantitative estimate of drug-likeness (QED) is 0.569. The Kier molecular flexibility index (Phi) is 5.78. The van der Waals surface area contributed by atoms with Gasteiger partial charge in [0.15, 0.2) is 0 Å². The third-order valence-corrected chi connectivity index (χ3v) is 1.15. The lowest BCUT2D eigenvalue weighted by Crippen LogP contribution is -2.20. The summed E-state index contributed by atoms with van der Waals surface area (Å²) in [7, 11) is 1.52. The van der Waals surface area contributed by atoms with Crippen LogP contribution in [-0.4, -0.2) is 38.0 Å². The highest BCUT2D eigenvalue weighted by Crippen LogP contribution is 1.97. The summed E-state index contributed by atoms with van der Waals surface area (Å²) in [6.45, 7) is 1.99. The molecule has 0 bridgehead atoms. The predicted octanol–water partition coefficient (Wildman–Crippen LogP) is -0.196. The summed E-state index contributed by atoms with van der Waals surface area (Å²) < 4.78 is 9.38. The van der Waals surface area contributed by atoms with Gasteiger partial charge in [0.1, 0.15) is 6.61 Å². The van der Waals surface area contributed by atoms with E-state index in [-0.39, 0.29) is 25.1 Å². The molecule has 66 valence electrons. The van der Waals surface area contributed by atoms with Crippen LogP contribution in [0.4, 0.5) is 0 Å². The van der Waals surface area contributed by atoms with Crippen molar-refractivity contribution in [2.24, 2.45) is 5.92 Å². The van der Waals surface area contributed by atoms with Gasteiger partial charge in [-0.1, -0.05) is 0 Å². The zero-order valence-electron chi connectivity index (χ0n) is 6.87. The van der Waals surface area contributed by atoms with Crippen LogP contribution in [0, 0.1) is 5.92 Å². The Morgan fingerprint density at radius 1 is 1.64 bits per heavy atom. The fourth-order valence-corrected chi connectivity index (χ4v) is 0.607. The Balaban J connectivity index is 3.47. The number of carbonyl (C=O) groups is 1. The summed E-state index contributed by atoms with van der Waals surface area (Å²) in [5, 5.41) is 8.32. The number of rotatable bonds is 5. The van der Waals surface area contributed by atoms with Crippen molar-refractivity contribution in [1.82, 2.24) is 0 Å². The first kappa shape index (κ1) is 10.4. The summed E-state index contributed by atoms with van der Waals surface area (Å²) in [6.07, 6.45) is 0. The normalized spacial score (nSPS) is 12.6. The molecular formula is C7H14O4. The summed E-state index contributed by atoms with van der Waals surface area (Å²) >= 11 is 0. The molecule has 0 aliphatic heterocycles. The van der Waals surface area contributed by atoms with Crippen molar-refractivity contribution in [1.29, 1.82) is 0 Å². The van der Waals surface area contributed by atoms with Crippen LogP contribution in [0.5, 0.6) is 0 Å². The van der Waals surface area contributed by atoms with Crippen molar-refractivity contribution in [3.8, 4) is 0 Å². The summed E-state index contributed by atoms with van der Waals surface area (Å²) in [5.41, 5.74) is 0. The van der Waals surface area contributed by atoms with Crippen molar-refractivity contribution in [2.45, 2.75) is 6.92 Å². The van der Waals surface area contributed by atoms with E-state index >= 15 is 0 Å². The molecule has 1 atom stereocenters. The highest BCUT2D eigenvalue weighted by atomic mass is 16.5. The smallest absolute Gasteiger partial charge is 0.311 e. The van der Waals surface area contributed by atoms with Gasteiger partial charge < -0.3 is 14.6 Å². The molecule has 1 unspecified atom stereocenters. The average molecular weight is 162 g/mol. The van der Waals surface area contributed by atoms with Gasteiger partial charge in [-0.25, -0.2) is 0 Å². The number of aliphatic hydroxyl groups excluding tert-OH is 1. The van der Waals surface area contributed by atoms with Gasteiger partial charge in [-0.2, -0.15) is 0 Å². The maximum Gasteiger partial charge on any atom is 0.311 e. The van der Waals surface area contributed by atoms with Gasteiger partial charge in [0.05, 0.1) is 19.1 Å². The zero-order valence-corrected chi connectivity index (χ0v) is 6.87. The number of aliphatic hydroxyl groups is 1. The minimum absolute atomic E-state index is 0.0624. The molecule has 11 heavy (non-hydrogen) atoms. The summed E-state index contributed by atoms with van der Waals surface area (Å²) in [6, 6.07) is 0. The highest BCUT2D eigenvalue weighted by Gasteiger charge is 2.12. The van der Waals surface area contributed by atoms with Gasteiger partial charge in [0.25, 0.3) is 0 Å². The van der Waals surface area contributed by atoms with Gasteiger partial charge in [-0.15, -0.1) is 0 Å². The molecular weight excluding hydrogens is 148 g/mol. The summed E-state index contributed by atoms with van der Waals surface area (Å²) in [5.74, 6) is -0.590. The molecule has 0 heterocycles. The highest BCUT2D eigenvalue weighted by molar-refractivity contribution is 5.72. The second-order valence-electron chi connectivity index (χ2n) is 2.25. The van der Waals surface area contributed by atoms with Gasteiger partial charge in [-0.3, -0.25) is 4.79 Å². The molecule has 0 aromatic carbocycles. The molecule has 0 saturated carbocycles. The monoisotopic (exact) mass is 162 g/mol. The van der Waals surface area contributed by atoms with Crippen LogP contribution in [0.15, 0.2) is 0 Å². The SMILES string of the molecule is COCC(C)C(=O)OCCO. The van der Waals surface area contributed by atoms with Crippen LogP contribution in [0.3, 0.4) is 0 Å². The topological polar surface area (TPSA) is 55.8 Å². The Morgan fingerprint density at radius 2 is 2.27 bits per heavy atom. The van der Waals surface area contributed by atoms with Crippen molar-refractivity contribution in [3.05, 3.63) is 0 Å². The molecule has 0 aliphatic carbocycles. The second-order valence-corrected chi connectivity index (χ2v) is 2.25. The van der Waals surface area contributed by atoms with Crippen LogP contribution in [-0.2, 0) is 14.3 Å². The molecule has 4 nitrogen and oxygen atoms in total. The van der Waals surface area contributed by atoms with E-state index < -0.39 is 0 Å². The minimum atomic E-state index is -0.332. The van der Waals surface area contributed by atoms with E-state index in [9.17, 15) is 4.79 Å². The molecule has 0 rings (SSSR count). The summed E-state index contributed by atoms with van der Waals surface area (Å²) in [4.78, 5) is 10.9. The fourth-order valence-electron chi connectivity index (χ4n) is 0.607. The average Bonchev–Trinajstić information content (AvgIpc) is 2.00. The van der Waals surface area contributed by atoms with E-state index in [2.05, 4.69) is 4.74 Å². The van der Waals surface area contributed by atoms with Crippen molar-refractivity contribution < 1.29 is 19.4 Å². The maximum absolute atomic E-state index is 10.9.